The molecule has 2 aromatic rings. The van der Waals surface area contributed by atoms with Gasteiger partial charge in [0.2, 0.25) is 0 Å². The molecular formula is C18H20N2O. The summed E-state index contributed by atoms with van der Waals surface area (Å²) in [6.45, 7) is 4.84. The van der Waals surface area contributed by atoms with Gasteiger partial charge in [0.1, 0.15) is 0 Å². The number of anilines is 2. The van der Waals surface area contributed by atoms with Gasteiger partial charge in [-0.1, -0.05) is 31.2 Å². The molecule has 2 aromatic carbocycles. The first kappa shape index (κ1) is 13.7. The molecule has 1 amide bonds. The number of hydrogen-bond donors (Lipinski definition) is 1. The third-order valence-electron chi connectivity index (χ3n) is 4.20. The Labute approximate surface area is 125 Å². The molecule has 1 unspecified atom stereocenters. The largest absolute Gasteiger partial charge is 0.398 e. The molecular weight excluding hydrogens is 260 g/mol. The molecule has 0 bridgehead atoms. The fourth-order valence-corrected chi connectivity index (χ4v) is 3.02. The Hall–Kier alpha value is -2.29. The number of nitrogen functional groups attached to an aromatic ring is 1. The first-order valence-electron chi connectivity index (χ1n) is 7.33. The number of nitrogens with two attached hydrogens (primary N) is 1. The number of fused-ring (bicyclic) bond motifs is 1. The summed E-state index contributed by atoms with van der Waals surface area (Å²) in [5, 5.41) is 0. The molecule has 21 heavy (non-hydrogen) atoms. The molecule has 0 radical (unpaired) electrons. The van der Waals surface area contributed by atoms with E-state index in [1.165, 1.54) is 5.56 Å². The predicted octanol–water partition coefficient (Wildman–Crippen LogP) is 3.42. The second-order valence-electron chi connectivity index (χ2n) is 5.87. The van der Waals surface area contributed by atoms with E-state index in [2.05, 4.69) is 13.0 Å². The van der Waals surface area contributed by atoms with Crippen LogP contribution in [0, 0.1) is 12.8 Å². The Morgan fingerprint density at radius 2 is 1.95 bits per heavy atom. The molecule has 0 saturated carbocycles. The zero-order valence-corrected chi connectivity index (χ0v) is 12.5. The van der Waals surface area contributed by atoms with Crippen LogP contribution >= 0.6 is 0 Å². The molecule has 3 nitrogen and oxygen atoms in total. The molecule has 0 fully saturated rings. The molecule has 3 heteroatoms. The van der Waals surface area contributed by atoms with Crippen LogP contribution in [0.2, 0.25) is 0 Å². The van der Waals surface area contributed by atoms with Crippen molar-refractivity contribution >= 4 is 17.3 Å². The Morgan fingerprint density at radius 3 is 2.76 bits per heavy atom. The topological polar surface area (TPSA) is 46.3 Å². The predicted molar refractivity (Wildman–Crippen MR) is 86.6 cm³/mol. The van der Waals surface area contributed by atoms with Gasteiger partial charge in [-0.05, 0) is 48.6 Å². The molecule has 2 N–H and O–H groups in total. The van der Waals surface area contributed by atoms with Crippen LogP contribution in [0.3, 0.4) is 0 Å². The van der Waals surface area contributed by atoms with Gasteiger partial charge in [0, 0.05) is 23.5 Å². The first-order chi connectivity index (χ1) is 10.1. The van der Waals surface area contributed by atoms with E-state index in [0.29, 0.717) is 17.2 Å². The van der Waals surface area contributed by atoms with Gasteiger partial charge in [0.05, 0.1) is 0 Å². The number of carbonyl (C=O) groups excluding carboxylic acids is 1. The average molecular weight is 280 g/mol. The normalized spacial score (nSPS) is 17.4. The second-order valence-corrected chi connectivity index (χ2v) is 5.87. The number of benzene rings is 2. The molecule has 0 aromatic heterocycles. The Bertz CT molecular complexity index is 693. The third kappa shape index (κ3) is 2.40. The van der Waals surface area contributed by atoms with Crippen LogP contribution < -0.4 is 10.6 Å². The van der Waals surface area contributed by atoms with Gasteiger partial charge >= 0.3 is 0 Å². The summed E-state index contributed by atoms with van der Waals surface area (Å²) in [5.41, 5.74) is 10.4. The summed E-state index contributed by atoms with van der Waals surface area (Å²) in [7, 11) is 0. The molecule has 0 aliphatic carbocycles. The second kappa shape index (κ2) is 5.24. The summed E-state index contributed by atoms with van der Waals surface area (Å²) in [6, 6.07) is 13.7. The monoisotopic (exact) mass is 280 g/mol. The quantitative estimate of drug-likeness (QED) is 0.814. The lowest BCUT2D eigenvalue weighted by molar-refractivity contribution is 0.0980. The van der Waals surface area contributed by atoms with Crippen LogP contribution in [0.5, 0.6) is 0 Å². The SMILES string of the molecule is Cc1c(N)cccc1C(=O)N1CC(C)Cc2ccccc21. The Morgan fingerprint density at radius 1 is 1.19 bits per heavy atom. The van der Waals surface area contributed by atoms with E-state index in [0.717, 1.165) is 24.2 Å². The van der Waals surface area contributed by atoms with E-state index in [1.54, 1.807) is 0 Å². The summed E-state index contributed by atoms with van der Waals surface area (Å²) < 4.78 is 0. The summed E-state index contributed by atoms with van der Waals surface area (Å²) in [4.78, 5) is 14.8. The third-order valence-corrected chi connectivity index (χ3v) is 4.20. The van der Waals surface area contributed by atoms with Crippen LogP contribution in [0.25, 0.3) is 0 Å². The van der Waals surface area contributed by atoms with Crippen molar-refractivity contribution in [3.63, 3.8) is 0 Å². The van der Waals surface area contributed by atoms with E-state index in [1.807, 2.05) is 48.2 Å². The van der Waals surface area contributed by atoms with Crippen LogP contribution in [0.4, 0.5) is 11.4 Å². The maximum atomic E-state index is 13.0. The zero-order valence-electron chi connectivity index (χ0n) is 12.5. The molecule has 3 rings (SSSR count). The number of rotatable bonds is 1. The Balaban J connectivity index is 2.04. The van der Waals surface area contributed by atoms with E-state index < -0.39 is 0 Å². The smallest absolute Gasteiger partial charge is 0.258 e. The minimum Gasteiger partial charge on any atom is -0.398 e. The van der Waals surface area contributed by atoms with Crippen molar-refractivity contribution in [1.82, 2.24) is 0 Å². The number of amides is 1. The van der Waals surface area contributed by atoms with Gasteiger partial charge in [0.25, 0.3) is 5.91 Å². The molecule has 0 saturated heterocycles. The lowest BCUT2D eigenvalue weighted by atomic mass is 9.93. The minimum atomic E-state index is 0.0406. The lowest BCUT2D eigenvalue weighted by Crippen LogP contribution is -2.39. The standard InChI is InChI=1S/C18H20N2O/c1-12-10-14-6-3-4-9-17(14)20(11-12)18(21)15-7-5-8-16(19)13(15)2/h3-9,12H,10-11,19H2,1-2H3. The van der Waals surface area contributed by atoms with Crippen LogP contribution in [-0.2, 0) is 6.42 Å². The van der Waals surface area contributed by atoms with Crippen LogP contribution in [-0.4, -0.2) is 12.5 Å². The van der Waals surface area contributed by atoms with Gasteiger partial charge in [-0.15, -0.1) is 0 Å². The summed E-state index contributed by atoms with van der Waals surface area (Å²) in [6.07, 6.45) is 1.02. The van der Waals surface area contributed by atoms with Crippen molar-refractivity contribution in [1.29, 1.82) is 0 Å². The number of hydrogen-bond acceptors (Lipinski definition) is 2. The van der Waals surface area contributed by atoms with E-state index >= 15 is 0 Å². The molecule has 0 spiro atoms. The molecule has 1 atom stereocenters. The fraction of sp³-hybridized carbons (Fsp3) is 0.278. The van der Waals surface area contributed by atoms with Crippen molar-refractivity contribution in [3.8, 4) is 0 Å². The fourth-order valence-electron chi connectivity index (χ4n) is 3.02. The highest BCUT2D eigenvalue weighted by Gasteiger charge is 2.27. The maximum absolute atomic E-state index is 13.0. The van der Waals surface area contributed by atoms with Gasteiger partial charge in [-0.2, -0.15) is 0 Å². The molecule has 1 aliphatic rings. The number of carbonyl (C=O) groups is 1. The summed E-state index contributed by atoms with van der Waals surface area (Å²) in [5.74, 6) is 0.504. The number of para-hydroxylation sites is 1. The van der Waals surface area contributed by atoms with Crippen molar-refractivity contribution in [3.05, 3.63) is 59.2 Å². The van der Waals surface area contributed by atoms with Crippen molar-refractivity contribution in [2.75, 3.05) is 17.2 Å². The van der Waals surface area contributed by atoms with E-state index in [4.69, 9.17) is 5.73 Å². The van der Waals surface area contributed by atoms with E-state index in [9.17, 15) is 4.79 Å². The molecule has 108 valence electrons. The molecule has 1 aliphatic heterocycles. The van der Waals surface area contributed by atoms with Gasteiger partial charge < -0.3 is 10.6 Å². The first-order valence-corrected chi connectivity index (χ1v) is 7.33. The van der Waals surface area contributed by atoms with Crippen molar-refractivity contribution < 1.29 is 4.79 Å². The highest BCUT2D eigenvalue weighted by atomic mass is 16.2. The average Bonchev–Trinajstić information content (AvgIpc) is 2.48. The zero-order chi connectivity index (χ0) is 15.0. The van der Waals surface area contributed by atoms with Crippen molar-refractivity contribution in [2.45, 2.75) is 20.3 Å². The van der Waals surface area contributed by atoms with Gasteiger partial charge in [0.15, 0.2) is 0 Å². The highest BCUT2D eigenvalue weighted by Crippen LogP contribution is 2.31. The lowest BCUT2D eigenvalue weighted by Gasteiger charge is -2.33. The van der Waals surface area contributed by atoms with E-state index in [-0.39, 0.29) is 5.91 Å². The highest BCUT2D eigenvalue weighted by molar-refractivity contribution is 6.08. The minimum absolute atomic E-state index is 0.0406. The summed E-state index contributed by atoms with van der Waals surface area (Å²) >= 11 is 0. The number of nitrogens with zero attached hydrogens (tertiary/aromatic N) is 1. The Kier molecular flexibility index (Phi) is 3.42. The van der Waals surface area contributed by atoms with Crippen LogP contribution in [0.1, 0.15) is 28.4 Å². The van der Waals surface area contributed by atoms with Crippen molar-refractivity contribution in [2.24, 2.45) is 5.92 Å². The van der Waals surface area contributed by atoms with Gasteiger partial charge in [-0.3, -0.25) is 4.79 Å². The maximum Gasteiger partial charge on any atom is 0.258 e. The molecule has 1 heterocycles. The van der Waals surface area contributed by atoms with Crippen LogP contribution in [0.15, 0.2) is 42.5 Å². The van der Waals surface area contributed by atoms with Gasteiger partial charge in [-0.25, -0.2) is 0 Å².